The number of nitrogens with zero attached hydrogens (tertiary/aromatic N) is 1. The lowest BCUT2D eigenvalue weighted by Crippen LogP contribution is -2.25. The Bertz CT molecular complexity index is 1330. The van der Waals surface area contributed by atoms with Crippen molar-refractivity contribution in [3.63, 3.8) is 0 Å². The second-order valence-electron chi connectivity index (χ2n) is 7.74. The number of fused-ring (bicyclic) bond motifs is 2. The van der Waals surface area contributed by atoms with Gasteiger partial charge in [0.1, 0.15) is 0 Å². The molecule has 0 saturated heterocycles. The molecule has 1 heterocycles. The number of hydrogen-bond acceptors (Lipinski definition) is 3. The van der Waals surface area contributed by atoms with Crippen LogP contribution in [0.1, 0.15) is 27.0 Å². The minimum absolute atomic E-state index is 0.0938. The molecule has 5 heteroatoms. The fourth-order valence-corrected chi connectivity index (χ4v) is 4.91. The van der Waals surface area contributed by atoms with Crippen LogP contribution in [0.2, 0.25) is 5.02 Å². The van der Waals surface area contributed by atoms with E-state index in [0.717, 1.165) is 38.7 Å². The van der Waals surface area contributed by atoms with E-state index in [-0.39, 0.29) is 5.91 Å². The molecule has 1 N–H and O–H groups in total. The average Bonchev–Trinajstić information content (AvgIpc) is 3.01. The molecule has 0 radical (unpaired) electrons. The van der Waals surface area contributed by atoms with Crippen LogP contribution in [0.15, 0.2) is 112 Å². The Morgan fingerprint density at radius 3 is 2.42 bits per heavy atom. The van der Waals surface area contributed by atoms with E-state index in [2.05, 4.69) is 29.6 Å². The molecule has 0 saturated carbocycles. The first-order chi connectivity index (χ1) is 16.2. The van der Waals surface area contributed by atoms with Crippen LogP contribution in [-0.2, 0) is 6.42 Å². The van der Waals surface area contributed by atoms with E-state index in [1.54, 1.807) is 11.8 Å². The van der Waals surface area contributed by atoms with Gasteiger partial charge in [-0.05, 0) is 48.4 Å². The number of rotatable bonds is 5. The average molecular weight is 469 g/mol. The molecule has 0 aliphatic carbocycles. The maximum atomic E-state index is 12.8. The quantitative estimate of drug-likeness (QED) is 0.303. The highest BCUT2D eigenvalue weighted by Crippen LogP contribution is 2.41. The summed E-state index contributed by atoms with van der Waals surface area (Å²) in [6.45, 7) is 0.583. The smallest absolute Gasteiger partial charge is 0.251 e. The molecule has 3 nitrogen and oxygen atoms in total. The van der Waals surface area contributed by atoms with Crippen molar-refractivity contribution in [2.75, 3.05) is 6.54 Å². The molecule has 0 atom stereocenters. The van der Waals surface area contributed by atoms with E-state index in [1.165, 1.54) is 5.56 Å². The molecule has 1 amide bonds. The van der Waals surface area contributed by atoms with Gasteiger partial charge < -0.3 is 5.32 Å². The van der Waals surface area contributed by atoms with Gasteiger partial charge in [-0.3, -0.25) is 4.79 Å². The summed E-state index contributed by atoms with van der Waals surface area (Å²) in [5.74, 6) is -0.0938. The highest BCUT2D eigenvalue weighted by molar-refractivity contribution is 7.99. The number of amides is 1. The summed E-state index contributed by atoms with van der Waals surface area (Å²) in [7, 11) is 0. The van der Waals surface area contributed by atoms with Crippen molar-refractivity contribution >= 4 is 40.7 Å². The second kappa shape index (κ2) is 9.65. The zero-order chi connectivity index (χ0) is 22.6. The first-order valence-corrected chi connectivity index (χ1v) is 11.9. The van der Waals surface area contributed by atoms with Crippen LogP contribution >= 0.6 is 23.4 Å². The number of halogens is 1. The van der Waals surface area contributed by atoms with E-state index in [4.69, 9.17) is 16.6 Å². The van der Waals surface area contributed by atoms with Crippen LogP contribution in [0.4, 0.5) is 5.69 Å². The van der Waals surface area contributed by atoms with Crippen LogP contribution < -0.4 is 5.32 Å². The van der Waals surface area contributed by atoms with Gasteiger partial charge in [-0.25, -0.2) is 4.99 Å². The number of nitrogens with one attached hydrogen (secondary N) is 1. The summed E-state index contributed by atoms with van der Waals surface area (Å²) in [5, 5.41) is 3.71. The standard InChI is InChI=1S/C28H21ClN2OS/c29-22-13-10-20(11-14-22)27-23-8-4-5-9-25(23)33-26-15-12-21(18-24(26)31-27)28(32)30-17-16-19-6-2-1-3-7-19/h1-15,18H,16-17H2,(H,30,32). The first-order valence-electron chi connectivity index (χ1n) is 10.8. The number of carbonyl (C=O) groups excluding carboxylic acids is 1. The van der Waals surface area contributed by atoms with Crippen LogP contribution in [0.25, 0.3) is 0 Å². The molecule has 1 aliphatic rings. The van der Waals surface area contributed by atoms with Crippen molar-refractivity contribution in [3.8, 4) is 0 Å². The van der Waals surface area contributed by atoms with Gasteiger partial charge in [-0.1, -0.05) is 84.0 Å². The van der Waals surface area contributed by atoms with Gasteiger partial charge in [0.2, 0.25) is 0 Å². The predicted molar refractivity (Wildman–Crippen MR) is 136 cm³/mol. The molecule has 162 valence electrons. The summed E-state index contributed by atoms with van der Waals surface area (Å²) >= 11 is 7.78. The molecule has 4 aromatic rings. The van der Waals surface area contributed by atoms with Crippen molar-refractivity contribution in [1.82, 2.24) is 5.32 Å². The van der Waals surface area contributed by atoms with Crippen LogP contribution in [0.3, 0.4) is 0 Å². The van der Waals surface area contributed by atoms with E-state index in [0.29, 0.717) is 17.1 Å². The fraction of sp³-hybridized carbons (Fsp3) is 0.0714. The number of hydrogen-bond donors (Lipinski definition) is 1. The Morgan fingerprint density at radius 1 is 0.848 bits per heavy atom. The Labute approximate surface area is 202 Å². The van der Waals surface area contributed by atoms with Gasteiger partial charge in [0.15, 0.2) is 0 Å². The van der Waals surface area contributed by atoms with Crippen molar-refractivity contribution < 1.29 is 4.79 Å². The van der Waals surface area contributed by atoms with Crippen molar-refractivity contribution in [1.29, 1.82) is 0 Å². The Morgan fingerprint density at radius 2 is 1.61 bits per heavy atom. The lowest BCUT2D eigenvalue weighted by molar-refractivity contribution is 0.0954. The Kier molecular flexibility index (Phi) is 6.29. The van der Waals surface area contributed by atoms with Crippen LogP contribution in [0, 0.1) is 0 Å². The normalized spacial score (nSPS) is 12.2. The second-order valence-corrected chi connectivity index (χ2v) is 9.26. The number of aliphatic imine (C=N–C) groups is 1. The van der Waals surface area contributed by atoms with Crippen molar-refractivity contribution in [2.24, 2.45) is 4.99 Å². The molecule has 0 bridgehead atoms. The van der Waals surface area contributed by atoms with Gasteiger partial charge in [0.25, 0.3) is 5.91 Å². The van der Waals surface area contributed by atoms with Gasteiger partial charge in [0, 0.05) is 38.0 Å². The summed E-state index contributed by atoms with van der Waals surface area (Å²) in [4.78, 5) is 20.0. The van der Waals surface area contributed by atoms with Gasteiger partial charge >= 0.3 is 0 Å². The van der Waals surface area contributed by atoms with Crippen molar-refractivity contribution in [3.05, 3.63) is 124 Å². The fourth-order valence-electron chi connectivity index (χ4n) is 3.78. The van der Waals surface area contributed by atoms with E-state index >= 15 is 0 Å². The van der Waals surface area contributed by atoms with E-state index in [1.807, 2.05) is 72.8 Å². The van der Waals surface area contributed by atoms with E-state index in [9.17, 15) is 4.79 Å². The summed E-state index contributed by atoms with van der Waals surface area (Å²) in [5.41, 5.74) is 5.51. The van der Waals surface area contributed by atoms with Gasteiger partial charge in [0.05, 0.1) is 11.4 Å². The lowest BCUT2D eigenvalue weighted by atomic mass is 10.0. The monoisotopic (exact) mass is 468 g/mol. The molecule has 5 rings (SSSR count). The molecular formula is C28H21ClN2OS. The number of carbonyl (C=O) groups is 1. The largest absolute Gasteiger partial charge is 0.352 e. The van der Waals surface area contributed by atoms with Gasteiger partial charge in [-0.15, -0.1) is 0 Å². The number of benzene rings is 4. The Hall–Kier alpha value is -3.34. The molecule has 0 unspecified atom stereocenters. The minimum atomic E-state index is -0.0938. The zero-order valence-corrected chi connectivity index (χ0v) is 19.4. The summed E-state index contributed by atoms with van der Waals surface area (Å²) < 4.78 is 0. The summed E-state index contributed by atoms with van der Waals surface area (Å²) in [6, 6.07) is 31.8. The van der Waals surface area contributed by atoms with Gasteiger partial charge in [-0.2, -0.15) is 0 Å². The highest BCUT2D eigenvalue weighted by Gasteiger charge is 2.20. The predicted octanol–water partition coefficient (Wildman–Crippen LogP) is 6.95. The van der Waals surface area contributed by atoms with Crippen molar-refractivity contribution in [2.45, 2.75) is 16.2 Å². The molecule has 33 heavy (non-hydrogen) atoms. The minimum Gasteiger partial charge on any atom is -0.352 e. The zero-order valence-electron chi connectivity index (χ0n) is 17.8. The molecule has 0 fully saturated rings. The molecular weight excluding hydrogens is 448 g/mol. The van der Waals surface area contributed by atoms with Crippen LogP contribution in [-0.4, -0.2) is 18.2 Å². The first kappa shape index (κ1) is 21.5. The highest BCUT2D eigenvalue weighted by atomic mass is 35.5. The Balaban J connectivity index is 1.45. The maximum absolute atomic E-state index is 12.8. The van der Waals surface area contributed by atoms with Crippen LogP contribution in [0.5, 0.6) is 0 Å². The third-order valence-electron chi connectivity index (χ3n) is 5.48. The van der Waals surface area contributed by atoms with E-state index < -0.39 is 0 Å². The SMILES string of the molecule is O=C(NCCc1ccccc1)c1ccc2c(c1)N=C(c1ccc(Cl)cc1)c1ccccc1S2. The topological polar surface area (TPSA) is 41.5 Å². The molecule has 0 aromatic heterocycles. The molecule has 4 aromatic carbocycles. The maximum Gasteiger partial charge on any atom is 0.251 e. The third kappa shape index (κ3) is 4.87. The molecule has 1 aliphatic heterocycles. The molecule has 0 spiro atoms. The third-order valence-corrected chi connectivity index (χ3v) is 6.87. The lowest BCUT2D eigenvalue weighted by Gasteiger charge is -2.09. The summed E-state index contributed by atoms with van der Waals surface area (Å²) in [6.07, 6.45) is 0.793.